The lowest BCUT2D eigenvalue weighted by Gasteiger charge is -2.40. The zero-order chi connectivity index (χ0) is 15.0. The lowest BCUT2D eigenvalue weighted by molar-refractivity contribution is 0.0645. The highest BCUT2D eigenvalue weighted by Crippen LogP contribution is 2.33. The molecule has 20 heavy (non-hydrogen) atoms. The predicted octanol–water partition coefficient (Wildman–Crippen LogP) is 1.58. The topological polar surface area (TPSA) is 100 Å². The van der Waals surface area contributed by atoms with Gasteiger partial charge in [-0.25, -0.2) is 4.98 Å². The molecule has 0 aromatic carbocycles. The number of amides is 1. The fraction of sp³-hybridized carbons (Fsp3) is 0.692. The van der Waals surface area contributed by atoms with Crippen molar-refractivity contribution in [2.75, 3.05) is 17.7 Å². The van der Waals surface area contributed by atoms with Gasteiger partial charge in [0.1, 0.15) is 10.7 Å². The van der Waals surface area contributed by atoms with Crippen molar-refractivity contribution >= 4 is 28.2 Å². The molecule has 1 fully saturated rings. The van der Waals surface area contributed by atoms with Gasteiger partial charge in [0.2, 0.25) is 0 Å². The van der Waals surface area contributed by atoms with Gasteiger partial charge in [-0.15, -0.1) is 0 Å². The molecular formula is C13H22N4O2S. The Kier molecular flexibility index (Phi) is 3.93. The molecule has 0 atom stereocenters. The van der Waals surface area contributed by atoms with E-state index in [2.05, 4.69) is 15.6 Å². The van der Waals surface area contributed by atoms with Crippen molar-refractivity contribution in [3.8, 4) is 0 Å². The largest absolute Gasteiger partial charge is 0.394 e. The van der Waals surface area contributed by atoms with Crippen molar-refractivity contribution < 1.29 is 9.90 Å². The highest BCUT2D eigenvalue weighted by Gasteiger charge is 2.38. The standard InChI is InChI=1S/C13H22N4O2S/c1-12(2,3)17-11-15-9(14)8(20-11)10(19)16-13(7-18)5-4-6-13/h18H,4-7,14H2,1-3H3,(H,15,17)(H,16,19). The number of carbonyl (C=O) groups excluding carboxylic acids is 1. The van der Waals surface area contributed by atoms with E-state index in [4.69, 9.17) is 5.73 Å². The van der Waals surface area contributed by atoms with Crippen LogP contribution in [0, 0.1) is 0 Å². The van der Waals surface area contributed by atoms with Gasteiger partial charge in [-0.05, 0) is 40.0 Å². The number of rotatable bonds is 4. The van der Waals surface area contributed by atoms with E-state index in [9.17, 15) is 9.90 Å². The third kappa shape index (κ3) is 3.21. The zero-order valence-electron chi connectivity index (χ0n) is 12.1. The SMILES string of the molecule is CC(C)(C)Nc1nc(N)c(C(=O)NC2(CO)CCC2)s1. The Hall–Kier alpha value is -1.34. The number of anilines is 2. The fourth-order valence-electron chi connectivity index (χ4n) is 2.09. The minimum atomic E-state index is -0.467. The summed E-state index contributed by atoms with van der Waals surface area (Å²) in [5, 5.41) is 16.1. The first kappa shape index (κ1) is 15.1. The van der Waals surface area contributed by atoms with Gasteiger partial charge in [-0.3, -0.25) is 4.79 Å². The van der Waals surface area contributed by atoms with Crippen molar-refractivity contribution in [2.45, 2.75) is 51.1 Å². The van der Waals surface area contributed by atoms with Crippen LogP contribution in [0.15, 0.2) is 0 Å². The van der Waals surface area contributed by atoms with E-state index in [1.807, 2.05) is 20.8 Å². The van der Waals surface area contributed by atoms with Crippen LogP contribution in [0.3, 0.4) is 0 Å². The molecule has 7 heteroatoms. The van der Waals surface area contributed by atoms with Crippen LogP contribution in [0.2, 0.25) is 0 Å². The lowest BCUT2D eigenvalue weighted by atomic mass is 9.77. The summed E-state index contributed by atoms with van der Waals surface area (Å²) in [6.45, 7) is 6.00. The van der Waals surface area contributed by atoms with Gasteiger partial charge < -0.3 is 21.5 Å². The van der Waals surface area contributed by atoms with Crippen molar-refractivity contribution in [3.63, 3.8) is 0 Å². The Morgan fingerprint density at radius 1 is 1.50 bits per heavy atom. The van der Waals surface area contributed by atoms with Crippen molar-refractivity contribution in [1.82, 2.24) is 10.3 Å². The first-order valence-electron chi connectivity index (χ1n) is 6.73. The van der Waals surface area contributed by atoms with Crippen molar-refractivity contribution in [3.05, 3.63) is 4.88 Å². The Morgan fingerprint density at radius 3 is 2.60 bits per heavy atom. The van der Waals surface area contributed by atoms with E-state index in [1.165, 1.54) is 11.3 Å². The normalized spacial score (nSPS) is 17.4. The van der Waals surface area contributed by atoms with E-state index >= 15 is 0 Å². The van der Waals surface area contributed by atoms with Gasteiger partial charge in [0.05, 0.1) is 12.1 Å². The number of thiazole rings is 1. The molecule has 1 aliphatic rings. The Labute approximate surface area is 122 Å². The zero-order valence-corrected chi connectivity index (χ0v) is 12.9. The summed E-state index contributed by atoms with van der Waals surface area (Å²) in [5.74, 6) is -0.0256. The number of aliphatic hydroxyl groups excluding tert-OH is 1. The number of nitrogens with two attached hydrogens (primary N) is 1. The van der Waals surface area contributed by atoms with E-state index in [0.29, 0.717) is 10.0 Å². The summed E-state index contributed by atoms with van der Waals surface area (Å²) in [4.78, 5) is 16.8. The summed E-state index contributed by atoms with van der Waals surface area (Å²) >= 11 is 1.24. The molecule has 0 saturated heterocycles. The van der Waals surface area contributed by atoms with Crippen molar-refractivity contribution in [2.24, 2.45) is 0 Å². The second-order valence-corrected chi connectivity index (χ2v) is 7.35. The minimum absolute atomic E-state index is 0.0372. The summed E-state index contributed by atoms with van der Waals surface area (Å²) in [6.07, 6.45) is 2.64. The third-order valence-electron chi connectivity index (χ3n) is 3.33. The summed E-state index contributed by atoms with van der Waals surface area (Å²) in [5.41, 5.74) is 5.21. The molecule has 112 valence electrons. The average molecular weight is 298 g/mol. The van der Waals surface area contributed by atoms with Crippen LogP contribution in [-0.2, 0) is 0 Å². The molecule has 0 unspecified atom stereocenters. The monoisotopic (exact) mass is 298 g/mol. The second kappa shape index (κ2) is 5.21. The van der Waals surface area contributed by atoms with Crippen LogP contribution in [0.5, 0.6) is 0 Å². The number of nitrogens with zero attached hydrogens (tertiary/aromatic N) is 1. The molecule has 2 rings (SSSR count). The molecule has 1 aromatic heterocycles. The van der Waals surface area contributed by atoms with Crippen LogP contribution >= 0.6 is 11.3 Å². The van der Waals surface area contributed by atoms with E-state index in [-0.39, 0.29) is 23.9 Å². The Balaban J connectivity index is 2.10. The maximum Gasteiger partial charge on any atom is 0.265 e. The molecule has 1 aromatic rings. The lowest BCUT2D eigenvalue weighted by Crippen LogP contribution is -2.56. The summed E-state index contributed by atoms with van der Waals surface area (Å²) < 4.78 is 0. The molecule has 0 aliphatic heterocycles. The molecule has 1 heterocycles. The molecule has 6 nitrogen and oxygen atoms in total. The van der Waals surface area contributed by atoms with E-state index < -0.39 is 5.54 Å². The van der Waals surface area contributed by atoms with Gasteiger partial charge in [0.15, 0.2) is 5.13 Å². The van der Waals surface area contributed by atoms with Gasteiger partial charge in [-0.1, -0.05) is 11.3 Å². The Morgan fingerprint density at radius 2 is 2.15 bits per heavy atom. The highest BCUT2D eigenvalue weighted by molar-refractivity contribution is 7.18. The highest BCUT2D eigenvalue weighted by atomic mass is 32.1. The molecule has 1 saturated carbocycles. The number of aromatic nitrogens is 1. The van der Waals surface area contributed by atoms with Gasteiger partial charge in [0.25, 0.3) is 5.91 Å². The van der Waals surface area contributed by atoms with Crippen LogP contribution in [0.1, 0.15) is 49.7 Å². The Bertz CT molecular complexity index is 497. The van der Waals surface area contributed by atoms with E-state index in [0.717, 1.165) is 19.3 Å². The molecule has 1 amide bonds. The number of nitrogen functional groups attached to an aromatic ring is 1. The number of hydrogen-bond acceptors (Lipinski definition) is 6. The number of carbonyl (C=O) groups is 1. The smallest absolute Gasteiger partial charge is 0.265 e. The van der Waals surface area contributed by atoms with Crippen LogP contribution in [0.4, 0.5) is 10.9 Å². The number of nitrogens with one attached hydrogen (secondary N) is 2. The summed E-state index contributed by atoms with van der Waals surface area (Å²) in [7, 11) is 0. The van der Waals surface area contributed by atoms with Crippen LogP contribution in [0.25, 0.3) is 0 Å². The quantitative estimate of drug-likeness (QED) is 0.676. The maximum atomic E-state index is 12.3. The maximum absolute atomic E-state index is 12.3. The second-order valence-electron chi connectivity index (χ2n) is 6.35. The van der Waals surface area contributed by atoms with Gasteiger partial charge in [0, 0.05) is 5.54 Å². The van der Waals surface area contributed by atoms with Crippen LogP contribution in [-0.4, -0.2) is 33.7 Å². The minimum Gasteiger partial charge on any atom is -0.394 e. The van der Waals surface area contributed by atoms with Crippen LogP contribution < -0.4 is 16.4 Å². The van der Waals surface area contributed by atoms with Crippen molar-refractivity contribution in [1.29, 1.82) is 0 Å². The van der Waals surface area contributed by atoms with Gasteiger partial charge >= 0.3 is 0 Å². The third-order valence-corrected chi connectivity index (χ3v) is 4.32. The molecule has 1 aliphatic carbocycles. The summed E-state index contributed by atoms with van der Waals surface area (Å²) in [6, 6.07) is 0. The molecule has 0 spiro atoms. The molecule has 0 bridgehead atoms. The number of hydrogen-bond donors (Lipinski definition) is 4. The molecule has 0 radical (unpaired) electrons. The molecular weight excluding hydrogens is 276 g/mol. The number of aliphatic hydroxyl groups is 1. The first-order chi connectivity index (χ1) is 9.25. The van der Waals surface area contributed by atoms with E-state index in [1.54, 1.807) is 0 Å². The average Bonchev–Trinajstić information content (AvgIpc) is 2.62. The first-order valence-corrected chi connectivity index (χ1v) is 7.54. The molecule has 5 N–H and O–H groups in total. The predicted molar refractivity (Wildman–Crippen MR) is 81.0 cm³/mol. The van der Waals surface area contributed by atoms with Gasteiger partial charge in [-0.2, -0.15) is 0 Å². The fourth-order valence-corrected chi connectivity index (χ4v) is 3.08.